The van der Waals surface area contributed by atoms with Gasteiger partial charge in [0, 0.05) is 0 Å². The standard InChI is InChI=1S/C13H12FNO3S/c1-9-6-7-12(16)11(8-9)15-19(17,18)13-5-3-2-4-10(13)14/h2-8,15-16H,1H3. The lowest BCUT2D eigenvalue weighted by molar-refractivity contribution is 0.477. The number of rotatable bonds is 3. The number of halogens is 1. The van der Waals surface area contributed by atoms with Crippen molar-refractivity contribution in [1.29, 1.82) is 0 Å². The normalized spacial score (nSPS) is 11.3. The Morgan fingerprint density at radius 2 is 1.84 bits per heavy atom. The molecule has 0 saturated carbocycles. The summed E-state index contributed by atoms with van der Waals surface area (Å²) in [6, 6.07) is 9.51. The van der Waals surface area contributed by atoms with E-state index in [1.165, 1.54) is 24.3 Å². The van der Waals surface area contributed by atoms with E-state index in [1.807, 2.05) is 0 Å². The molecule has 6 heteroatoms. The van der Waals surface area contributed by atoms with Crippen molar-refractivity contribution in [3.63, 3.8) is 0 Å². The summed E-state index contributed by atoms with van der Waals surface area (Å²) in [5.41, 5.74) is 0.785. The van der Waals surface area contributed by atoms with Gasteiger partial charge in [0.15, 0.2) is 0 Å². The van der Waals surface area contributed by atoms with Crippen molar-refractivity contribution in [2.45, 2.75) is 11.8 Å². The molecule has 100 valence electrons. The number of anilines is 1. The number of benzene rings is 2. The Kier molecular flexibility index (Phi) is 3.44. The lowest BCUT2D eigenvalue weighted by Gasteiger charge is -2.10. The Labute approximate surface area is 110 Å². The van der Waals surface area contributed by atoms with Crippen molar-refractivity contribution in [2.75, 3.05) is 4.72 Å². The first kappa shape index (κ1) is 13.4. The van der Waals surface area contributed by atoms with Crippen LogP contribution in [0, 0.1) is 12.7 Å². The molecule has 0 unspecified atom stereocenters. The maximum absolute atomic E-state index is 13.5. The van der Waals surface area contributed by atoms with Gasteiger partial charge in [-0.2, -0.15) is 0 Å². The molecule has 0 aliphatic rings. The molecular weight excluding hydrogens is 269 g/mol. The summed E-state index contributed by atoms with van der Waals surface area (Å²) in [5.74, 6) is -1.06. The summed E-state index contributed by atoms with van der Waals surface area (Å²) in [7, 11) is -4.07. The molecule has 2 rings (SSSR count). The second kappa shape index (κ2) is 4.89. The summed E-state index contributed by atoms with van der Waals surface area (Å²) in [6.45, 7) is 1.75. The monoisotopic (exact) mass is 281 g/mol. The van der Waals surface area contributed by atoms with Gasteiger partial charge in [-0.15, -0.1) is 0 Å². The summed E-state index contributed by atoms with van der Waals surface area (Å²) < 4.78 is 39.7. The molecule has 0 radical (unpaired) electrons. The molecule has 0 heterocycles. The first-order chi connectivity index (χ1) is 8.90. The first-order valence-electron chi connectivity index (χ1n) is 5.47. The van der Waals surface area contributed by atoms with E-state index in [2.05, 4.69) is 4.72 Å². The molecule has 4 nitrogen and oxygen atoms in total. The number of sulfonamides is 1. The lowest BCUT2D eigenvalue weighted by atomic mass is 10.2. The third-order valence-electron chi connectivity index (χ3n) is 2.52. The maximum atomic E-state index is 13.5. The van der Waals surface area contributed by atoms with Crippen molar-refractivity contribution in [3.05, 3.63) is 53.8 Å². The van der Waals surface area contributed by atoms with Gasteiger partial charge in [0.2, 0.25) is 0 Å². The van der Waals surface area contributed by atoms with E-state index < -0.39 is 20.7 Å². The highest BCUT2D eigenvalue weighted by atomic mass is 32.2. The molecule has 2 aromatic rings. The third-order valence-corrected chi connectivity index (χ3v) is 3.92. The highest BCUT2D eigenvalue weighted by molar-refractivity contribution is 7.92. The molecule has 2 N–H and O–H groups in total. The van der Waals surface area contributed by atoms with E-state index in [1.54, 1.807) is 13.0 Å². The largest absolute Gasteiger partial charge is 0.506 e. The number of hydrogen-bond acceptors (Lipinski definition) is 3. The van der Waals surface area contributed by atoms with Crippen molar-refractivity contribution in [1.82, 2.24) is 0 Å². The van der Waals surface area contributed by atoms with Crippen LogP contribution >= 0.6 is 0 Å². The first-order valence-corrected chi connectivity index (χ1v) is 6.95. The Bertz CT molecular complexity index is 714. The van der Waals surface area contributed by atoms with Crippen molar-refractivity contribution in [3.8, 4) is 5.75 Å². The molecule has 0 spiro atoms. The van der Waals surface area contributed by atoms with E-state index >= 15 is 0 Å². The molecule has 0 aliphatic heterocycles. The van der Waals surface area contributed by atoms with Crippen LogP contribution in [0.2, 0.25) is 0 Å². The molecule has 0 bridgehead atoms. The highest BCUT2D eigenvalue weighted by Crippen LogP contribution is 2.27. The summed E-state index contributed by atoms with van der Waals surface area (Å²) >= 11 is 0. The SMILES string of the molecule is Cc1ccc(O)c(NS(=O)(=O)c2ccccc2F)c1. The van der Waals surface area contributed by atoms with Crippen LogP contribution in [-0.2, 0) is 10.0 Å². The third kappa shape index (κ3) is 2.85. The highest BCUT2D eigenvalue weighted by Gasteiger charge is 2.19. The van der Waals surface area contributed by atoms with Crippen LogP contribution in [0.5, 0.6) is 5.75 Å². The Morgan fingerprint density at radius 3 is 2.53 bits per heavy atom. The lowest BCUT2D eigenvalue weighted by Crippen LogP contribution is -2.14. The zero-order chi connectivity index (χ0) is 14.0. The van der Waals surface area contributed by atoms with Gasteiger partial charge in [0.05, 0.1) is 5.69 Å². The summed E-state index contributed by atoms with van der Waals surface area (Å²) in [5, 5.41) is 9.59. The Balaban J connectivity index is 2.43. The van der Waals surface area contributed by atoms with Gasteiger partial charge in [-0.25, -0.2) is 12.8 Å². The van der Waals surface area contributed by atoms with Gasteiger partial charge in [-0.3, -0.25) is 4.72 Å². The maximum Gasteiger partial charge on any atom is 0.264 e. The Hall–Kier alpha value is -2.08. The summed E-state index contributed by atoms with van der Waals surface area (Å²) in [6.07, 6.45) is 0. The van der Waals surface area contributed by atoms with Gasteiger partial charge in [0.25, 0.3) is 10.0 Å². The molecule has 0 aliphatic carbocycles. The van der Waals surface area contributed by atoms with E-state index in [4.69, 9.17) is 0 Å². The number of phenolic OH excluding ortho intramolecular Hbond substituents is 1. The van der Waals surface area contributed by atoms with E-state index in [0.29, 0.717) is 0 Å². The molecule has 19 heavy (non-hydrogen) atoms. The number of phenols is 1. The van der Waals surface area contributed by atoms with Gasteiger partial charge in [0.1, 0.15) is 16.5 Å². The minimum Gasteiger partial charge on any atom is -0.506 e. The quantitative estimate of drug-likeness (QED) is 0.850. The van der Waals surface area contributed by atoms with Gasteiger partial charge < -0.3 is 5.11 Å². The minimum atomic E-state index is -4.07. The van der Waals surface area contributed by atoms with Gasteiger partial charge in [-0.05, 0) is 36.8 Å². The van der Waals surface area contributed by atoms with Crippen LogP contribution in [0.1, 0.15) is 5.56 Å². The van der Waals surface area contributed by atoms with Crippen molar-refractivity contribution >= 4 is 15.7 Å². The van der Waals surface area contributed by atoms with Crippen LogP contribution in [0.25, 0.3) is 0 Å². The Morgan fingerprint density at radius 1 is 1.16 bits per heavy atom. The van der Waals surface area contributed by atoms with Crippen LogP contribution in [0.3, 0.4) is 0 Å². The van der Waals surface area contributed by atoms with Gasteiger partial charge >= 0.3 is 0 Å². The van der Waals surface area contributed by atoms with Gasteiger partial charge in [-0.1, -0.05) is 18.2 Å². The minimum absolute atomic E-state index is 0.0169. The number of aromatic hydroxyl groups is 1. The fraction of sp³-hybridized carbons (Fsp3) is 0.0769. The van der Waals surface area contributed by atoms with Crippen LogP contribution in [0.4, 0.5) is 10.1 Å². The predicted molar refractivity (Wildman–Crippen MR) is 70.1 cm³/mol. The molecular formula is C13H12FNO3S. The topological polar surface area (TPSA) is 66.4 Å². The van der Waals surface area contributed by atoms with E-state index in [0.717, 1.165) is 17.7 Å². The van der Waals surface area contributed by atoms with E-state index in [-0.39, 0.29) is 11.4 Å². The average Bonchev–Trinajstić information content (AvgIpc) is 2.34. The molecule has 0 fully saturated rings. The zero-order valence-electron chi connectivity index (χ0n) is 10.1. The van der Waals surface area contributed by atoms with Crippen LogP contribution < -0.4 is 4.72 Å². The van der Waals surface area contributed by atoms with Crippen molar-refractivity contribution in [2.24, 2.45) is 0 Å². The smallest absolute Gasteiger partial charge is 0.264 e. The van der Waals surface area contributed by atoms with E-state index in [9.17, 15) is 17.9 Å². The number of aryl methyl sites for hydroxylation is 1. The molecule has 0 saturated heterocycles. The molecule has 0 atom stereocenters. The molecule has 2 aromatic carbocycles. The molecule has 0 amide bonds. The number of hydrogen-bond donors (Lipinski definition) is 2. The number of nitrogens with one attached hydrogen (secondary N) is 1. The van der Waals surface area contributed by atoms with Crippen molar-refractivity contribution < 1.29 is 17.9 Å². The predicted octanol–water partition coefficient (Wildman–Crippen LogP) is 2.64. The fourth-order valence-corrected chi connectivity index (χ4v) is 2.74. The van der Waals surface area contributed by atoms with Crippen LogP contribution in [-0.4, -0.2) is 13.5 Å². The fourth-order valence-electron chi connectivity index (χ4n) is 1.59. The average molecular weight is 281 g/mol. The second-order valence-corrected chi connectivity index (χ2v) is 5.71. The zero-order valence-corrected chi connectivity index (χ0v) is 10.9. The molecule has 0 aromatic heterocycles. The second-order valence-electron chi connectivity index (χ2n) is 4.06. The summed E-state index contributed by atoms with van der Waals surface area (Å²) in [4.78, 5) is -0.462. The van der Waals surface area contributed by atoms with Crippen LogP contribution in [0.15, 0.2) is 47.4 Å².